The summed E-state index contributed by atoms with van der Waals surface area (Å²) < 4.78 is 5.15. The maximum Gasteiger partial charge on any atom is 0.330 e. The van der Waals surface area contributed by atoms with E-state index in [2.05, 4.69) is 12.2 Å². The van der Waals surface area contributed by atoms with Crippen LogP contribution in [0.25, 0.3) is 0 Å². The van der Waals surface area contributed by atoms with Crippen LogP contribution in [0.2, 0.25) is 0 Å². The number of carboxylic acids is 1. The largest absolute Gasteiger partial charge is 0.479 e. The third kappa shape index (κ3) is 5.34. The smallest absolute Gasteiger partial charge is 0.330 e. The van der Waals surface area contributed by atoms with Gasteiger partial charge in [-0.1, -0.05) is 49.8 Å². The molecule has 0 heterocycles. The molecule has 1 aromatic carbocycles. The number of amides is 1. The van der Waals surface area contributed by atoms with Crippen molar-refractivity contribution in [2.45, 2.75) is 83.3 Å². The average Bonchev–Trinajstić information content (AvgIpc) is 3.24. The second-order valence-corrected chi connectivity index (χ2v) is 13.1. The van der Waals surface area contributed by atoms with Gasteiger partial charge >= 0.3 is 11.9 Å². The number of aliphatic carboxylic acids is 1. The molecule has 7 atom stereocenters. The number of rotatable bonds is 9. The number of carbonyl (C=O) groups is 6. The van der Waals surface area contributed by atoms with Crippen molar-refractivity contribution in [3.63, 3.8) is 0 Å². The average molecular weight is 594 g/mol. The summed E-state index contributed by atoms with van der Waals surface area (Å²) in [4.78, 5) is 75.7. The van der Waals surface area contributed by atoms with Gasteiger partial charge in [0.25, 0.3) is 0 Å². The van der Waals surface area contributed by atoms with Gasteiger partial charge in [-0.2, -0.15) is 0 Å². The summed E-state index contributed by atoms with van der Waals surface area (Å²) in [6, 6.07) is 6.88. The van der Waals surface area contributed by atoms with Crippen LogP contribution in [-0.2, 0) is 33.5 Å². The topological polar surface area (TPSA) is 164 Å². The van der Waals surface area contributed by atoms with Crippen LogP contribution in [0.15, 0.2) is 42.0 Å². The number of carboxylic acid groups (broad SMARTS) is 1. The second-order valence-electron chi connectivity index (χ2n) is 13.1. The first kappa shape index (κ1) is 30.8. The van der Waals surface area contributed by atoms with Crippen LogP contribution in [0.5, 0.6) is 0 Å². The molecule has 0 radical (unpaired) electrons. The number of ether oxygens (including phenoxy) is 1. The number of carbonyl (C=O) groups excluding carboxylic acids is 5. The Kier molecular flexibility index (Phi) is 8.19. The van der Waals surface area contributed by atoms with Crippen molar-refractivity contribution in [2.75, 3.05) is 6.61 Å². The third-order valence-corrected chi connectivity index (χ3v) is 10.9. The van der Waals surface area contributed by atoms with Gasteiger partial charge in [-0.3, -0.25) is 24.0 Å². The number of fused-ring (bicyclic) bond motifs is 5. The zero-order chi connectivity index (χ0) is 31.2. The van der Waals surface area contributed by atoms with E-state index in [1.165, 1.54) is 0 Å². The highest BCUT2D eigenvalue weighted by molar-refractivity contribution is 5.95. The summed E-state index contributed by atoms with van der Waals surface area (Å²) in [5, 5.41) is 23.6. The number of esters is 1. The maximum atomic E-state index is 13.8. The van der Waals surface area contributed by atoms with Gasteiger partial charge in [0.05, 0.1) is 6.42 Å². The van der Waals surface area contributed by atoms with E-state index in [4.69, 9.17) is 4.74 Å². The molecule has 0 bridgehead atoms. The molecule has 43 heavy (non-hydrogen) atoms. The minimum atomic E-state index is -1.83. The number of ketones is 3. The molecule has 3 saturated carbocycles. The molecule has 1 unspecified atom stereocenters. The highest BCUT2D eigenvalue weighted by Gasteiger charge is 2.68. The SMILES string of the molecule is C[C@]12CCC(=O)C=C1CC[C@@H]1[C@@H]2C(=O)C[C@@]2(C)[C@H]1CC[C@]2(O)C(=O)COC(=O)CCC(=O)NC(C(=O)O)c1ccccc1. The van der Waals surface area contributed by atoms with E-state index >= 15 is 0 Å². The van der Waals surface area contributed by atoms with Crippen molar-refractivity contribution in [3.8, 4) is 0 Å². The highest BCUT2D eigenvalue weighted by Crippen LogP contribution is 2.66. The Morgan fingerprint density at radius 3 is 2.44 bits per heavy atom. The van der Waals surface area contributed by atoms with E-state index in [0.717, 1.165) is 18.4 Å². The zero-order valence-electron chi connectivity index (χ0n) is 24.6. The second kappa shape index (κ2) is 11.4. The first-order valence-corrected chi connectivity index (χ1v) is 15.0. The number of hydrogen-bond acceptors (Lipinski definition) is 8. The molecule has 0 spiro atoms. The molecule has 3 N–H and O–H groups in total. The lowest BCUT2D eigenvalue weighted by Gasteiger charge is -2.57. The maximum absolute atomic E-state index is 13.8. The van der Waals surface area contributed by atoms with Crippen molar-refractivity contribution >= 4 is 35.2 Å². The summed E-state index contributed by atoms with van der Waals surface area (Å²) >= 11 is 0. The Labute approximate surface area is 250 Å². The van der Waals surface area contributed by atoms with Crippen molar-refractivity contribution < 1.29 is 43.7 Å². The zero-order valence-corrected chi connectivity index (χ0v) is 24.6. The van der Waals surface area contributed by atoms with Crippen LogP contribution in [0.4, 0.5) is 0 Å². The third-order valence-electron chi connectivity index (χ3n) is 10.9. The molecule has 10 nitrogen and oxygen atoms in total. The van der Waals surface area contributed by atoms with Gasteiger partial charge in [0.2, 0.25) is 11.7 Å². The van der Waals surface area contributed by atoms with Crippen LogP contribution < -0.4 is 5.32 Å². The fourth-order valence-electron chi connectivity index (χ4n) is 8.57. The number of nitrogens with one attached hydrogen (secondary N) is 1. The fraction of sp³-hybridized carbons (Fsp3) is 0.576. The number of aliphatic hydroxyl groups is 1. The molecule has 230 valence electrons. The summed E-state index contributed by atoms with van der Waals surface area (Å²) in [6.45, 7) is 3.20. The lowest BCUT2D eigenvalue weighted by Crippen LogP contribution is -2.61. The number of hydrogen-bond donors (Lipinski definition) is 3. The predicted octanol–water partition coefficient (Wildman–Crippen LogP) is 3.26. The monoisotopic (exact) mass is 593 g/mol. The first-order valence-electron chi connectivity index (χ1n) is 15.0. The normalized spacial score (nSPS) is 33.7. The standard InChI is InChI=1S/C33H39NO9/c1-31-14-12-21(35)16-20(31)8-9-22-23-13-15-33(42,32(23,2)17-24(36)28(22)31)25(37)18-43-27(39)11-10-26(38)34-29(30(40)41)19-6-4-3-5-7-19/h3-7,16,22-23,28-29,42H,8-15,17-18H2,1-2H3,(H,34,38)(H,40,41)/t22-,23-,28+,29?,31-,32-,33-/m0/s1. The van der Waals surface area contributed by atoms with Gasteiger partial charge in [0.15, 0.2) is 18.4 Å². The molecule has 4 aliphatic rings. The van der Waals surface area contributed by atoms with Crippen LogP contribution in [0.1, 0.15) is 83.2 Å². The molecule has 0 aromatic heterocycles. The number of benzene rings is 1. The van der Waals surface area contributed by atoms with Gasteiger partial charge < -0.3 is 20.3 Å². The minimum absolute atomic E-state index is 0.00463. The molecule has 1 aromatic rings. The first-order chi connectivity index (χ1) is 20.3. The molecule has 4 aliphatic carbocycles. The summed E-state index contributed by atoms with van der Waals surface area (Å²) in [6.07, 6.45) is 4.27. The van der Waals surface area contributed by atoms with Crippen LogP contribution in [-0.4, -0.2) is 57.6 Å². The Bertz CT molecular complexity index is 1390. The van der Waals surface area contributed by atoms with Crippen molar-refractivity contribution in [1.82, 2.24) is 5.32 Å². The highest BCUT2D eigenvalue weighted by atomic mass is 16.5. The van der Waals surface area contributed by atoms with Crippen molar-refractivity contribution in [2.24, 2.45) is 28.6 Å². The van der Waals surface area contributed by atoms with Gasteiger partial charge in [-0.25, -0.2) is 4.79 Å². The molecule has 10 heteroatoms. The summed E-state index contributed by atoms with van der Waals surface area (Å²) in [7, 11) is 0. The summed E-state index contributed by atoms with van der Waals surface area (Å²) in [5.41, 5.74) is -1.79. The van der Waals surface area contributed by atoms with Crippen molar-refractivity contribution in [3.05, 3.63) is 47.5 Å². The van der Waals surface area contributed by atoms with E-state index in [-0.39, 0.29) is 60.4 Å². The van der Waals surface area contributed by atoms with Gasteiger partial charge in [-0.15, -0.1) is 0 Å². The molecular formula is C33H39NO9. The van der Waals surface area contributed by atoms with E-state index in [0.29, 0.717) is 24.8 Å². The van der Waals surface area contributed by atoms with Gasteiger partial charge in [-0.05, 0) is 61.0 Å². The fourth-order valence-corrected chi connectivity index (χ4v) is 8.57. The van der Waals surface area contributed by atoms with Gasteiger partial charge in [0.1, 0.15) is 11.4 Å². The van der Waals surface area contributed by atoms with Crippen LogP contribution in [0, 0.1) is 28.6 Å². The Morgan fingerprint density at radius 2 is 1.74 bits per heavy atom. The van der Waals surface area contributed by atoms with Crippen molar-refractivity contribution in [1.29, 1.82) is 0 Å². The van der Waals surface area contributed by atoms with E-state index in [1.807, 2.05) is 0 Å². The quantitative estimate of drug-likeness (QED) is 0.365. The summed E-state index contributed by atoms with van der Waals surface area (Å²) in [5.74, 6) is -3.61. The molecule has 5 rings (SSSR count). The molecular weight excluding hydrogens is 554 g/mol. The molecule has 3 fully saturated rings. The minimum Gasteiger partial charge on any atom is -0.479 e. The van der Waals surface area contributed by atoms with E-state index in [9.17, 15) is 39.0 Å². The Hall–Kier alpha value is -3.66. The van der Waals surface area contributed by atoms with E-state index < -0.39 is 47.3 Å². The van der Waals surface area contributed by atoms with Gasteiger partial charge in [0, 0.05) is 30.6 Å². The lowest BCUT2D eigenvalue weighted by atomic mass is 9.46. The molecule has 0 saturated heterocycles. The number of Topliss-reactive ketones (excluding diaryl/α,β-unsaturated/α-hetero) is 2. The van der Waals surface area contributed by atoms with Crippen LogP contribution >= 0.6 is 0 Å². The predicted molar refractivity (Wildman–Crippen MR) is 152 cm³/mol. The number of allylic oxidation sites excluding steroid dienone is 1. The van der Waals surface area contributed by atoms with E-state index in [1.54, 1.807) is 43.3 Å². The Morgan fingerprint density at radius 1 is 1.02 bits per heavy atom. The molecule has 0 aliphatic heterocycles. The Balaban J connectivity index is 1.19. The lowest BCUT2D eigenvalue weighted by molar-refractivity contribution is -0.173. The molecule has 1 amide bonds. The van der Waals surface area contributed by atoms with Crippen LogP contribution in [0.3, 0.4) is 0 Å².